The van der Waals surface area contributed by atoms with Gasteiger partial charge < -0.3 is 15.0 Å². The molecule has 0 unspecified atom stereocenters. The third kappa shape index (κ3) is 4.47. The molecule has 0 spiro atoms. The summed E-state index contributed by atoms with van der Waals surface area (Å²) in [7, 11) is -3.72. The van der Waals surface area contributed by atoms with Gasteiger partial charge in [-0.1, -0.05) is 18.2 Å². The first-order valence-corrected chi connectivity index (χ1v) is 6.95. The number of carbonyl (C=O) groups is 1. The number of nitrogens with one attached hydrogen (secondary N) is 1. The Kier molecular flexibility index (Phi) is 5.22. The number of carboxylic acid groups (broad SMARTS) is 1. The van der Waals surface area contributed by atoms with Crippen LogP contribution in [0.3, 0.4) is 0 Å². The van der Waals surface area contributed by atoms with Crippen LogP contribution < -0.4 is 9.83 Å². The maximum absolute atomic E-state index is 11.9. The Bertz CT molecular complexity index is 592. The minimum absolute atomic E-state index is 0.0430. The molecule has 1 rings (SSSR count). The number of aliphatic carboxylic acids is 1. The summed E-state index contributed by atoms with van der Waals surface area (Å²) in [6.45, 7) is 1.24. The number of aryl methyl sites for hydroxylation is 1. The van der Waals surface area contributed by atoms with Crippen LogP contribution in [0.15, 0.2) is 29.2 Å². The van der Waals surface area contributed by atoms with E-state index in [-0.39, 0.29) is 18.0 Å². The van der Waals surface area contributed by atoms with Crippen molar-refractivity contribution in [3.63, 3.8) is 0 Å². The quantitative estimate of drug-likeness (QED) is 0.654. The fourth-order valence-corrected chi connectivity index (χ4v) is 2.73. The van der Waals surface area contributed by atoms with E-state index in [2.05, 4.69) is 4.72 Å². The summed E-state index contributed by atoms with van der Waals surface area (Å²) in [4.78, 5) is 10.3. The molecule has 0 aliphatic heterocycles. The minimum Gasteiger partial charge on any atom is -0.545 e. The molecule has 0 atom stereocenters. The molecule has 0 heterocycles. The van der Waals surface area contributed by atoms with Gasteiger partial charge in [0.2, 0.25) is 10.0 Å². The number of hydrogen-bond donors (Lipinski definition) is 2. The second-order valence-corrected chi connectivity index (χ2v) is 5.53. The third-order valence-electron chi connectivity index (χ3n) is 2.32. The van der Waals surface area contributed by atoms with Crippen molar-refractivity contribution >= 4 is 22.1 Å². The van der Waals surface area contributed by atoms with Gasteiger partial charge in [-0.2, -0.15) is 0 Å². The van der Waals surface area contributed by atoms with Gasteiger partial charge in [0.25, 0.3) is 0 Å². The smallest absolute Gasteiger partial charge is 0.240 e. The lowest BCUT2D eigenvalue weighted by Crippen LogP contribution is -2.27. The van der Waals surface area contributed by atoms with Crippen molar-refractivity contribution in [1.29, 1.82) is 0 Å². The van der Waals surface area contributed by atoms with Gasteiger partial charge >= 0.3 is 0 Å². The van der Waals surface area contributed by atoms with Crippen molar-refractivity contribution in [3.05, 3.63) is 35.4 Å². The summed E-state index contributed by atoms with van der Waals surface area (Å²) >= 11 is 0. The van der Waals surface area contributed by atoms with Gasteiger partial charge in [-0.25, -0.2) is 13.1 Å². The molecule has 1 aromatic rings. The summed E-state index contributed by atoms with van der Waals surface area (Å²) in [6.07, 6.45) is 2.07. The second-order valence-electron chi connectivity index (χ2n) is 3.80. The highest BCUT2D eigenvalue weighted by Gasteiger charge is 2.16. The van der Waals surface area contributed by atoms with Gasteiger partial charge in [-0.3, -0.25) is 0 Å². The van der Waals surface area contributed by atoms with Gasteiger partial charge in [-0.05, 0) is 30.2 Å². The van der Waals surface area contributed by atoms with Crippen molar-refractivity contribution in [2.75, 3.05) is 13.2 Å². The SMILES string of the molecule is Cc1ccc(/C=C/C(=O)[O-])cc1S(=O)(=O)NCCO. The third-order valence-corrected chi connectivity index (χ3v) is 3.92. The van der Waals surface area contributed by atoms with Crippen LogP contribution in [0, 0.1) is 6.92 Å². The predicted molar refractivity (Wildman–Crippen MR) is 67.5 cm³/mol. The predicted octanol–water partition coefficient (Wildman–Crippen LogP) is -0.971. The van der Waals surface area contributed by atoms with E-state index in [0.717, 1.165) is 6.08 Å². The number of aliphatic hydroxyl groups is 1. The summed E-state index contributed by atoms with van der Waals surface area (Å²) < 4.78 is 26.1. The molecule has 0 radical (unpaired) electrons. The number of rotatable bonds is 6. The van der Waals surface area contributed by atoms with Crippen molar-refractivity contribution in [2.24, 2.45) is 0 Å². The molecule has 7 heteroatoms. The van der Waals surface area contributed by atoms with E-state index in [1.807, 2.05) is 0 Å². The molecule has 0 saturated carbocycles. The Morgan fingerprint density at radius 1 is 1.47 bits per heavy atom. The van der Waals surface area contributed by atoms with E-state index < -0.39 is 16.0 Å². The minimum atomic E-state index is -3.72. The van der Waals surface area contributed by atoms with Crippen LogP contribution in [0.25, 0.3) is 6.08 Å². The molecule has 6 nitrogen and oxygen atoms in total. The Labute approximate surface area is 111 Å². The molecule has 0 aromatic heterocycles. The molecule has 0 aliphatic rings. The van der Waals surface area contributed by atoms with Gasteiger partial charge in [0.15, 0.2) is 0 Å². The molecule has 0 aliphatic carbocycles. The van der Waals surface area contributed by atoms with Crippen LogP contribution in [0.1, 0.15) is 11.1 Å². The normalized spacial score (nSPS) is 11.9. The Hall–Kier alpha value is -1.70. The highest BCUT2D eigenvalue weighted by Crippen LogP contribution is 2.17. The lowest BCUT2D eigenvalue weighted by Gasteiger charge is -2.09. The van der Waals surface area contributed by atoms with Crippen molar-refractivity contribution in [1.82, 2.24) is 4.72 Å². The Balaban J connectivity index is 3.13. The van der Waals surface area contributed by atoms with E-state index in [4.69, 9.17) is 5.11 Å². The molecular formula is C12H14NO5S-. The highest BCUT2D eigenvalue weighted by atomic mass is 32.2. The first-order chi connectivity index (χ1) is 8.86. The van der Waals surface area contributed by atoms with Crippen LogP contribution in [0.2, 0.25) is 0 Å². The van der Waals surface area contributed by atoms with E-state index >= 15 is 0 Å². The highest BCUT2D eigenvalue weighted by molar-refractivity contribution is 7.89. The molecule has 104 valence electrons. The van der Waals surface area contributed by atoms with Crippen molar-refractivity contribution in [3.8, 4) is 0 Å². The van der Waals surface area contributed by atoms with Gasteiger partial charge in [0.1, 0.15) is 0 Å². The summed E-state index contributed by atoms with van der Waals surface area (Å²) in [5.74, 6) is -1.36. The maximum atomic E-state index is 11.9. The topological polar surface area (TPSA) is 107 Å². The molecule has 0 fully saturated rings. The number of carbonyl (C=O) groups excluding carboxylic acids is 1. The standard InChI is InChI=1S/C12H15NO5S/c1-9-2-3-10(4-5-12(15)16)8-11(9)19(17,18)13-6-7-14/h2-5,8,13-14H,6-7H2,1H3,(H,15,16)/p-1/b5-4+. The maximum Gasteiger partial charge on any atom is 0.240 e. The van der Waals surface area contributed by atoms with E-state index in [9.17, 15) is 18.3 Å². The molecule has 0 bridgehead atoms. The molecule has 1 aromatic carbocycles. The van der Waals surface area contributed by atoms with Crippen LogP contribution in [-0.4, -0.2) is 32.6 Å². The van der Waals surface area contributed by atoms with Gasteiger partial charge in [0.05, 0.1) is 17.5 Å². The fraction of sp³-hybridized carbons (Fsp3) is 0.250. The summed E-state index contributed by atoms with van der Waals surface area (Å²) in [6, 6.07) is 4.52. The van der Waals surface area contributed by atoms with Crippen LogP contribution >= 0.6 is 0 Å². The average molecular weight is 284 g/mol. The Morgan fingerprint density at radius 2 is 2.16 bits per heavy atom. The lowest BCUT2D eigenvalue weighted by atomic mass is 10.1. The van der Waals surface area contributed by atoms with Crippen molar-refractivity contribution < 1.29 is 23.4 Å². The van der Waals surface area contributed by atoms with Gasteiger partial charge in [0, 0.05) is 6.54 Å². The number of aliphatic hydroxyl groups excluding tert-OH is 1. The largest absolute Gasteiger partial charge is 0.545 e. The lowest BCUT2D eigenvalue weighted by molar-refractivity contribution is -0.297. The Morgan fingerprint density at radius 3 is 2.74 bits per heavy atom. The first kappa shape index (κ1) is 15.4. The second kappa shape index (κ2) is 6.46. The number of hydrogen-bond acceptors (Lipinski definition) is 5. The average Bonchev–Trinajstić information content (AvgIpc) is 2.35. The number of sulfonamides is 1. The van der Waals surface area contributed by atoms with Crippen LogP contribution in [-0.2, 0) is 14.8 Å². The zero-order valence-electron chi connectivity index (χ0n) is 10.3. The van der Waals surface area contributed by atoms with Gasteiger partial charge in [-0.15, -0.1) is 0 Å². The first-order valence-electron chi connectivity index (χ1n) is 5.47. The van der Waals surface area contributed by atoms with Crippen LogP contribution in [0.4, 0.5) is 0 Å². The molecular weight excluding hydrogens is 270 g/mol. The number of benzene rings is 1. The summed E-state index contributed by atoms with van der Waals surface area (Å²) in [5, 5.41) is 18.9. The molecule has 19 heavy (non-hydrogen) atoms. The zero-order chi connectivity index (χ0) is 14.5. The number of carboxylic acids is 1. The van der Waals surface area contributed by atoms with E-state index in [1.54, 1.807) is 19.1 Å². The molecule has 0 saturated heterocycles. The van der Waals surface area contributed by atoms with E-state index in [1.165, 1.54) is 12.1 Å². The van der Waals surface area contributed by atoms with E-state index in [0.29, 0.717) is 11.1 Å². The fourth-order valence-electron chi connectivity index (χ4n) is 1.43. The monoisotopic (exact) mass is 284 g/mol. The summed E-state index contributed by atoms with van der Waals surface area (Å²) in [5.41, 5.74) is 0.954. The van der Waals surface area contributed by atoms with Crippen LogP contribution in [0.5, 0.6) is 0 Å². The van der Waals surface area contributed by atoms with Crippen molar-refractivity contribution in [2.45, 2.75) is 11.8 Å². The molecule has 2 N–H and O–H groups in total. The molecule has 0 amide bonds. The zero-order valence-corrected chi connectivity index (χ0v) is 11.1.